The maximum atomic E-state index is 12.0. The quantitative estimate of drug-likeness (QED) is 0.779. The minimum Gasteiger partial charge on any atom is -0.326 e. The van der Waals surface area contributed by atoms with Gasteiger partial charge in [0.25, 0.3) is 0 Å². The van der Waals surface area contributed by atoms with Crippen LogP contribution in [-0.2, 0) is 0 Å². The van der Waals surface area contributed by atoms with Crippen LogP contribution in [0.5, 0.6) is 0 Å². The molecule has 4 heteroatoms. The summed E-state index contributed by atoms with van der Waals surface area (Å²) < 4.78 is 0. The molecule has 0 spiro atoms. The molecular formula is C13H19N3O. The molecule has 1 aromatic rings. The monoisotopic (exact) mass is 233 g/mol. The lowest BCUT2D eigenvalue weighted by molar-refractivity contribution is 0.193. The van der Waals surface area contributed by atoms with Crippen LogP contribution in [-0.4, -0.2) is 30.1 Å². The number of anilines is 1. The number of nitrogens with zero attached hydrogens (tertiary/aromatic N) is 1. The van der Waals surface area contributed by atoms with E-state index in [1.54, 1.807) is 4.90 Å². The van der Waals surface area contributed by atoms with Gasteiger partial charge in [0.1, 0.15) is 0 Å². The Morgan fingerprint density at radius 2 is 2.12 bits per heavy atom. The molecule has 3 N–H and O–H groups in total. The first-order chi connectivity index (χ1) is 8.15. The van der Waals surface area contributed by atoms with E-state index in [0.717, 1.165) is 25.1 Å². The van der Waals surface area contributed by atoms with Crippen molar-refractivity contribution in [1.29, 1.82) is 0 Å². The third kappa shape index (κ3) is 3.20. The van der Waals surface area contributed by atoms with Crippen molar-refractivity contribution in [2.45, 2.75) is 25.8 Å². The topological polar surface area (TPSA) is 58.4 Å². The van der Waals surface area contributed by atoms with E-state index in [9.17, 15) is 4.79 Å². The Kier molecular flexibility index (Phi) is 3.64. The molecule has 2 amide bonds. The molecule has 1 aliphatic rings. The van der Waals surface area contributed by atoms with E-state index in [4.69, 9.17) is 5.73 Å². The molecule has 92 valence electrons. The average Bonchev–Trinajstić information content (AvgIpc) is 2.32. The molecule has 1 fully saturated rings. The highest BCUT2D eigenvalue weighted by atomic mass is 16.2. The van der Waals surface area contributed by atoms with Crippen molar-refractivity contribution in [2.75, 3.05) is 18.4 Å². The Balaban J connectivity index is 1.94. The van der Waals surface area contributed by atoms with Crippen LogP contribution in [0.3, 0.4) is 0 Å². The Morgan fingerprint density at radius 1 is 1.41 bits per heavy atom. The van der Waals surface area contributed by atoms with Crippen LogP contribution in [0.1, 0.15) is 18.4 Å². The lowest BCUT2D eigenvalue weighted by Crippen LogP contribution is -2.47. The van der Waals surface area contributed by atoms with Crippen LogP contribution in [0.15, 0.2) is 24.3 Å². The van der Waals surface area contributed by atoms with Gasteiger partial charge in [-0.1, -0.05) is 17.7 Å². The summed E-state index contributed by atoms with van der Waals surface area (Å²) in [6.07, 6.45) is 2.00. The Morgan fingerprint density at radius 3 is 2.76 bits per heavy atom. The van der Waals surface area contributed by atoms with E-state index in [1.807, 2.05) is 31.2 Å². The highest BCUT2D eigenvalue weighted by molar-refractivity contribution is 5.89. The summed E-state index contributed by atoms with van der Waals surface area (Å²) in [5, 5.41) is 2.89. The normalized spacial score (nSPS) is 20.1. The number of piperidine rings is 1. The van der Waals surface area contributed by atoms with Crippen molar-refractivity contribution in [3.8, 4) is 0 Å². The van der Waals surface area contributed by atoms with Crippen molar-refractivity contribution in [3.05, 3.63) is 29.8 Å². The first-order valence-electron chi connectivity index (χ1n) is 6.03. The minimum absolute atomic E-state index is 0.0518. The standard InChI is InChI=1S/C13H19N3O/c1-10-4-6-12(7-5-10)15-13(17)16-8-2-3-11(14)9-16/h4-7,11H,2-3,8-9,14H2,1H3,(H,15,17)/t11-/m1/s1. The van der Waals surface area contributed by atoms with Gasteiger partial charge in [-0.15, -0.1) is 0 Å². The molecule has 1 atom stereocenters. The van der Waals surface area contributed by atoms with Crippen molar-refractivity contribution in [2.24, 2.45) is 5.73 Å². The van der Waals surface area contributed by atoms with E-state index < -0.39 is 0 Å². The van der Waals surface area contributed by atoms with Gasteiger partial charge in [0.05, 0.1) is 0 Å². The fourth-order valence-electron chi connectivity index (χ4n) is 2.03. The molecule has 0 aromatic heterocycles. The van der Waals surface area contributed by atoms with Gasteiger partial charge in [0.15, 0.2) is 0 Å². The zero-order chi connectivity index (χ0) is 12.3. The molecular weight excluding hydrogens is 214 g/mol. The van der Waals surface area contributed by atoms with Gasteiger partial charge in [-0.05, 0) is 31.9 Å². The van der Waals surface area contributed by atoms with Crippen LogP contribution in [0.2, 0.25) is 0 Å². The second-order valence-corrected chi connectivity index (χ2v) is 4.64. The molecule has 0 bridgehead atoms. The molecule has 0 radical (unpaired) electrons. The number of hydrogen-bond acceptors (Lipinski definition) is 2. The average molecular weight is 233 g/mol. The second kappa shape index (κ2) is 5.19. The number of amides is 2. The molecule has 0 aliphatic carbocycles. The number of carbonyl (C=O) groups excluding carboxylic acids is 1. The lowest BCUT2D eigenvalue weighted by Gasteiger charge is -2.30. The van der Waals surface area contributed by atoms with E-state index in [1.165, 1.54) is 5.56 Å². The van der Waals surface area contributed by atoms with Crippen molar-refractivity contribution in [1.82, 2.24) is 4.90 Å². The predicted molar refractivity (Wildman–Crippen MR) is 69.0 cm³/mol. The van der Waals surface area contributed by atoms with Gasteiger partial charge in [0.2, 0.25) is 0 Å². The summed E-state index contributed by atoms with van der Waals surface area (Å²) in [5.74, 6) is 0. The summed E-state index contributed by atoms with van der Waals surface area (Å²) in [4.78, 5) is 13.7. The first kappa shape index (κ1) is 11.9. The number of benzene rings is 1. The van der Waals surface area contributed by atoms with Crippen LogP contribution >= 0.6 is 0 Å². The molecule has 17 heavy (non-hydrogen) atoms. The molecule has 2 rings (SSSR count). The number of rotatable bonds is 1. The zero-order valence-electron chi connectivity index (χ0n) is 10.1. The van der Waals surface area contributed by atoms with E-state index in [-0.39, 0.29) is 12.1 Å². The van der Waals surface area contributed by atoms with Crippen LogP contribution in [0.25, 0.3) is 0 Å². The molecule has 1 saturated heterocycles. The highest BCUT2D eigenvalue weighted by Crippen LogP contribution is 2.12. The Hall–Kier alpha value is -1.55. The second-order valence-electron chi connectivity index (χ2n) is 4.64. The zero-order valence-corrected chi connectivity index (χ0v) is 10.1. The van der Waals surface area contributed by atoms with Gasteiger partial charge in [-0.25, -0.2) is 4.79 Å². The van der Waals surface area contributed by atoms with E-state index >= 15 is 0 Å². The van der Waals surface area contributed by atoms with Gasteiger partial charge >= 0.3 is 6.03 Å². The SMILES string of the molecule is Cc1ccc(NC(=O)N2CCC[C@@H](N)C2)cc1. The van der Waals surface area contributed by atoms with Gasteiger partial charge in [0, 0.05) is 24.8 Å². The van der Waals surface area contributed by atoms with E-state index in [0.29, 0.717) is 6.54 Å². The Labute approximate surface area is 102 Å². The fourth-order valence-corrected chi connectivity index (χ4v) is 2.03. The number of urea groups is 1. The summed E-state index contributed by atoms with van der Waals surface area (Å²) in [7, 11) is 0. The van der Waals surface area contributed by atoms with Crippen LogP contribution in [0, 0.1) is 6.92 Å². The number of nitrogens with two attached hydrogens (primary N) is 1. The largest absolute Gasteiger partial charge is 0.326 e. The third-order valence-electron chi connectivity index (χ3n) is 3.05. The van der Waals surface area contributed by atoms with Gasteiger partial charge in [-0.2, -0.15) is 0 Å². The highest BCUT2D eigenvalue weighted by Gasteiger charge is 2.20. The van der Waals surface area contributed by atoms with Crippen molar-refractivity contribution >= 4 is 11.7 Å². The maximum absolute atomic E-state index is 12.0. The molecule has 1 aliphatic heterocycles. The summed E-state index contributed by atoms with van der Waals surface area (Å²) >= 11 is 0. The minimum atomic E-state index is -0.0518. The van der Waals surface area contributed by atoms with E-state index in [2.05, 4.69) is 5.32 Å². The lowest BCUT2D eigenvalue weighted by atomic mass is 10.1. The maximum Gasteiger partial charge on any atom is 0.321 e. The van der Waals surface area contributed by atoms with Crippen molar-refractivity contribution in [3.63, 3.8) is 0 Å². The molecule has 0 unspecified atom stereocenters. The summed E-state index contributed by atoms with van der Waals surface area (Å²) in [6, 6.07) is 7.86. The van der Waals surface area contributed by atoms with Crippen LogP contribution in [0.4, 0.5) is 10.5 Å². The third-order valence-corrected chi connectivity index (χ3v) is 3.05. The fraction of sp³-hybridized carbons (Fsp3) is 0.462. The van der Waals surface area contributed by atoms with Crippen molar-refractivity contribution < 1.29 is 4.79 Å². The first-order valence-corrected chi connectivity index (χ1v) is 6.03. The molecule has 0 saturated carbocycles. The number of hydrogen-bond donors (Lipinski definition) is 2. The summed E-state index contributed by atoms with van der Waals surface area (Å²) in [6.45, 7) is 3.47. The predicted octanol–water partition coefficient (Wildman–Crippen LogP) is 1.95. The Bertz CT molecular complexity index is 388. The molecule has 4 nitrogen and oxygen atoms in total. The number of nitrogens with one attached hydrogen (secondary N) is 1. The van der Waals surface area contributed by atoms with Crippen LogP contribution < -0.4 is 11.1 Å². The van der Waals surface area contributed by atoms with Gasteiger partial charge < -0.3 is 16.0 Å². The number of likely N-dealkylation sites (tertiary alicyclic amines) is 1. The van der Waals surface area contributed by atoms with Gasteiger partial charge in [-0.3, -0.25) is 0 Å². The number of aryl methyl sites for hydroxylation is 1. The smallest absolute Gasteiger partial charge is 0.321 e. The molecule has 1 heterocycles. The summed E-state index contributed by atoms with van der Waals surface area (Å²) in [5.41, 5.74) is 7.87. The number of carbonyl (C=O) groups is 1. The molecule has 1 aromatic carbocycles.